The standard InChI is InChI=1S/C14H21ClN2O2/c1-2-3-4-5-6-7-19-13-11(14(17)18)8-10(16)9-12(13)15/h8-9H,2-7,16H2,1H3,(H2,17,18). The number of nitrogens with two attached hydrogens (primary N) is 2. The highest BCUT2D eigenvalue weighted by Crippen LogP contribution is 2.31. The van der Waals surface area contributed by atoms with Gasteiger partial charge in [-0.15, -0.1) is 0 Å². The number of primary amides is 1. The van der Waals surface area contributed by atoms with Crippen molar-refractivity contribution in [3.63, 3.8) is 0 Å². The van der Waals surface area contributed by atoms with Crippen LogP contribution in [-0.2, 0) is 0 Å². The quantitative estimate of drug-likeness (QED) is 0.567. The van der Waals surface area contributed by atoms with E-state index < -0.39 is 5.91 Å². The van der Waals surface area contributed by atoms with Crippen molar-refractivity contribution in [2.24, 2.45) is 5.73 Å². The van der Waals surface area contributed by atoms with Crippen molar-refractivity contribution in [3.05, 3.63) is 22.7 Å². The Kier molecular flexibility index (Phi) is 6.50. The van der Waals surface area contributed by atoms with Gasteiger partial charge in [0.05, 0.1) is 17.2 Å². The molecule has 4 nitrogen and oxygen atoms in total. The van der Waals surface area contributed by atoms with Crippen molar-refractivity contribution in [3.8, 4) is 5.75 Å². The summed E-state index contributed by atoms with van der Waals surface area (Å²) in [5.41, 5.74) is 11.5. The maximum Gasteiger partial charge on any atom is 0.252 e. The summed E-state index contributed by atoms with van der Waals surface area (Å²) in [4.78, 5) is 11.3. The molecular weight excluding hydrogens is 264 g/mol. The van der Waals surface area contributed by atoms with E-state index in [2.05, 4.69) is 6.92 Å². The van der Waals surface area contributed by atoms with Crippen LogP contribution in [0.15, 0.2) is 12.1 Å². The third kappa shape index (κ3) is 4.99. The summed E-state index contributed by atoms with van der Waals surface area (Å²) >= 11 is 6.03. The van der Waals surface area contributed by atoms with Crippen LogP contribution in [0.5, 0.6) is 5.75 Å². The van der Waals surface area contributed by atoms with Gasteiger partial charge < -0.3 is 16.2 Å². The van der Waals surface area contributed by atoms with Gasteiger partial charge in [0.15, 0.2) is 5.75 Å². The minimum atomic E-state index is -0.588. The lowest BCUT2D eigenvalue weighted by Gasteiger charge is -2.12. The molecule has 1 amide bonds. The average Bonchev–Trinajstić information content (AvgIpc) is 2.34. The highest BCUT2D eigenvalue weighted by Gasteiger charge is 2.14. The van der Waals surface area contributed by atoms with Gasteiger partial charge >= 0.3 is 0 Å². The first-order valence-electron chi connectivity index (χ1n) is 6.58. The molecule has 0 aromatic heterocycles. The largest absolute Gasteiger partial charge is 0.491 e. The Morgan fingerprint density at radius 1 is 1.26 bits per heavy atom. The highest BCUT2D eigenvalue weighted by molar-refractivity contribution is 6.33. The summed E-state index contributed by atoms with van der Waals surface area (Å²) in [6, 6.07) is 3.04. The van der Waals surface area contributed by atoms with Crippen LogP contribution in [0, 0.1) is 0 Å². The zero-order chi connectivity index (χ0) is 14.3. The fraction of sp³-hybridized carbons (Fsp3) is 0.500. The maximum absolute atomic E-state index is 11.3. The Bertz CT molecular complexity index is 436. The van der Waals surface area contributed by atoms with E-state index in [9.17, 15) is 4.79 Å². The lowest BCUT2D eigenvalue weighted by atomic mass is 10.1. The lowest BCUT2D eigenvalue weighted by Crippen LogP contribution is -2.14. The van der Waals surface area contributed by atoms with Crippen LogP contribution in [0.4, 0.5) is 5.69 Å². The van der Waals surface area contributed by atoms with Crippen LogP contribution in [0.25, 0.3) is 0 Å². The number of nitrogen functional groups attached to an aromatic ring is 1. The van der Waals surface area contributed by atoms with Crippen molar-refractivity contribution in [2.75, 3.05) is 12.3 Å². The Balaban J connectivity index is 2.59. The van der Waals surface area contributed by atoms with Gasteiger partial charge in [0.1, 0.15) is 0 Å². The van der Waals surface area contributed by atoms with E-state index >= 15 is 0 Å². The number of rotatable bonds is 8. The highest BCUT2D eigenvalue weighted by atomic mass is 35.5. The van der Waals surface area contributed by atoms with Crippen LogP contribution in [-0.4, -0.2) is 12.5 Å². The van der Waals surface area contributed by atoms with Crippen molar-refractivity contribution in [2.45, 2.75) is 39.0 Å². The molecule has 0 spiro atoms. The minimum Gasteiger partial charge on any atom is -0.491 e. The number of carbonyl (C=O) groups is 1. The summed E-state index contributed by atoms with van der Waals surface area (Å²) in [5, 5.41) is 0.322. The molecular formula is C14H21ClN2O2. The second-order valence-corrected chi connectivity index (χ2v) is 4.91. The van der Waals surface area contributed by atoms with Gasteiger partial charge in [-0.2, -0.15) is 0 Å². The van der Waals surface area contributed by atoms with E-state index in [1.807, 2.05) is 0 Å². The Morgan fingerprint density at radius 3 is 2.58 bits per heavy atom. The molecule has 5 heteroatoms. The molecule has 1 aromatic rings. The third-order valence-corrected chi connectivity index (χ3v) is 3.11. The smallest absolute Gasteiger partial charge is 0.252 e. The summed E-state index contributed by atoms with van der Waals surface area (Å²) in [6.45, 7) is 2.69. The summed E-state index contributed by atoms with van der Waals surface area (Å²) in [7, 11) is 0. The number of benzene rings is 1. The summed E-state index contributed by atoms with van der Waals surface area (Å²) in [5.74, 6) is -0.256. The van der Waals surface area contributed by atoms with E-state index in [0.717, 1.165) is 12.8 Å². The Hall–Kier alpha value is -1.42. The van der Waals surface area contributed by atoms with Crippen LogP contribution >= 0.6 is 11.6 Å². The monoisotopic (exact) mass is 284 g/mol. The summed E-state index contributed by atoms with van der Waals surface area (Å²) in [6.07, 6.45) is 5.66. The van der Waals surface area contributed by atoms with Gasteiger partial charge in [-0.3, -0.25) is 4.79 Å². The molecule has 106 valence electrons. The molecule has 1 aromatic carbocycles. The second-order valence-electron chi connectivity index (χ2n) is 4.51. The zero-order valence-electron chi connectivity index (χ0n) is 11.2. The van der Waals surface area contributed by atoms with Gasteiger partial charge in [-0.25, -0.2) is 0 Å². The predicted molar refractivity (Wildman–Crippen MR) is 78.6 cm³/mol. The van der Waals surface area contributed by atoms with E-state index in [0.29, 0.717) is 23.1 Å². The molecule has 0 saturated heterocycles. The van der Waals surface area contributed by atoms with Crippen molar-refractivity contribution >= 4 is 23.2 Å². The first kappa shape index (κ1) is 15.6. The molecule has 1 rings (SSSR count). The van der Waals surface area contributed by atoms with Crippen molar-refractivity contribution < 1.29 is 9.53 Å². The topological polar surface area (TPSA) is 78.3 Å². The fourth-order valence-corrected chi connectivity index (χ4v) is 2.11. The predicted octanol–water partition coefficient (Wildman–Crippen LogP) is 3.37. The number of hydrogen-bond donors (Lipinski definition) is 2. The van der Waals surface area contributed by atoms with E-state index in [1.165, 1.54) is 25.3 Å². The van der Waals surface area contributed by atoms with E-state index in [4.69, 9.17) is 27.8 Å². The fourth-order valence-electron chi connectivity index (χ4n) is 1.82. The molecule has 0 aliphatic heterocycles. The third-order valence-electron chi connectivity index (χ3n) is 2.83. The van der Waals surface area contributed by atoms with Gasteiger partial charge in [-0.1, -0.05) is 44.2 Å². The van der Waals surface area contributed by atoms with E-state index in [-0.39, 0.29) is 5.56 Å². The molecule has 0 radical (unpaired) electrons. The number of amides is 1. The maximum atomic E-state index is 11.3. The van der Waals surface area contributed by atoms with Crippen LogP contribution < -0.4 is 16.2 Å². The molecule has 0 bridgehead atoms. The molecule has 19 heavy (non-hydrogen) atoms. The van der Waals surface area contributed by atoms with Crippen LogP contribution in [0.3, 0.4) is 0 Å². The number of hydrogen-bond acceptors (Lipinski definition) is 3. The summed E-state index contributed by atoms with van der Waals surface area (Å²) < 4.78 is 5.58. The Labute approximate surface area is 119 Å². The van der Waals surface area contributed by atoms with Crippen LogP contribution in [0.2, 0.25) is 5.02 Å². The van der Waals surface area contributed by atoms with Crippen LogP contribution in [0.1, 0.15) is 49.4 Å². The van der Waals surface area contributed by atoms with Gasteiger partial charge in [0.2, 0.25) is 0 Å². The minimum absolute atomic E-state index is 0.235. The molecule has 0 unspecified atom stereocenters. The number of ether oxygens (including phenoxy) is 1. The first-order valence-corrected chi connectivity index (χ1v) is 6.95. The zero-order valence-corrected chi connectivity index (χ0v) is 12.0. The van der Waals surface area contributed by atoms with Crippen molar-refractivity contribution in [1.82, 2.24) is 0 Å². The molecule has 0 saturated carbocycles. The van der Waals surface area contributed by atoms with E-state index in [1.54, 1.807) is 6.07 Å². The molecule has 4 N–H and O–H groups in total. The lowest BCUT2D eigenvalue weighted by molar-refractivity contribution is 0.0996. The molecule has 0 fully saturated rings. The molecule has 0 atom stereocenters. The SMILES string of the molecule is CCCCCCCOc1c(Cl)cc(N)cc1C(N)=O. The molecule has 0 aliphatic rings. The number of anilines is 1. The van der Waals surface area contributed by atoms with Gasteiger partial charge in [0.25, 0.3) is 5.91 Å². The Morgan fingerprint density at radius 2 is 1.95 bits per heavy atom. The normalized spacial score (nSPS) is 10.4. The van der Waals surface area contributed by atoms with Gasteiger partial charge in [0, 0.05) is 5.69 Å². The number of unbranched alkanes of at least 4 members (excludes halogenated alkanes) is 4. The number of halogens is 1. The number of carbonyl (C=O) groups excluding carboxylic acids is 1. The first-order chi connectivity index (χ1) is 9.06. The van der Waals surface area contributed by atoms with Gasteiger partial charge in [-0.05, 0) is 18.6 Å². The van der Waals surface area contributed by atoms with Crippen molar-refractivity contribution in [1.29, 1.82) is 0 Å². The average molecular weight is 285 g/mol. The second kappa shape index (κ2) is 7.89. The molecule has 0 heterocycles. The molecule has 0 aliphatic carbocycles.